The molecule has 27 heavy (non-hydrogen) atoms. The maximum Gasteiger partial charge on any atom is 0.325 e. The Morgan fingerprint density at radius 1 is 1.15 bits per heavy atom. The fourth-order valence-corrected chi connectivity index (χ4v) is 2.75. The summed E-state index contributed by atoms with van der Waals surface area (Å²) < 4.78 is 5.34. The summed E-state index contributed by atoms with van der Waals surface area (Å²) in [7, 11) is 0. The molecule has 0 aliphatic carbocycles. The molecule has 1 fully saturated rings. The summed E-state index contributed by atoms with van der Waals surface area (Å²) in [4.78, 5) is 23.1. The van der Waals surface area contributed by atoms with E-state index in [9.17, 15) is 4.79 Å². The van der Waals surface area contributed by atoms with Crippen LogP contribution in [0.5, 0.6) is 0 Å². The van der Waals surface area contributed by atoms with E-state index in [0.717, 1.165) is 24.5 Å². The van der Waals surface area contributed by atoms with Gasteiger partial charge in [-0.25, -0.2) is 9.78 Å². The lowest BCUT2D eigenvalue weighted by Gasteiger charge is -2.28. The van der Waals surface area contributed by atoms with Gasteiger partial charge in [0.2, 0.25) is 0 Å². The van der Waals surface area contributed by atoms with Gasteiger partial charge in [0.05, 0.1) is 13.2 Å². The first-order valence-corrected chi connectivity index (χ1v) is 8.81. The van der Waals surface area contributed by atoms with Crippen LogP contribution < -0.4 is 20.9 Å². The zero-order chi connectivity index (χ0) is 19.1. The predicted octanol–water partition coefficient (Wildman–Crippen LogP) is 1.87. The molecule has 3 N–H and O–H groups in total. The lowest BCUT2D eigenvalue weighted by Crippen LogP contribution is -2.37. The van der Waals surface area contributed by atoms with Gasteiger partial charge in [-0.1, -0.05) is 24.9 Å². The number of nitrogens with one attached hydrogen (secondary N) is 3. The first-order valence-electron chi connectivity index (χ1n) is 8.40. The van der Waals surface area contributed by atoms with Gasteiger partial charge in [0.1, 0.15) is 22.4 Å². The Balaban J connectivity index is 1.53. The molecule has 1 saturated heterocycles. The zero-order valence-electron chi connectivity index (χ0n) is 14.6. The summed E-state index contributed by atoms with van der Waals surface area (Å²) in [6.45, 7) is 6.65. The first-order chi connectivity index (χ1) is 13.1. The van der Waals surface area contributed by atoms with E-state index in [2.05, 4.69) is 37.4 Å². The number of thiocarbonyl (C=S) groups is 1. The second-order valence-electron chi connectivity index (χ2n) is 5.73. The Kier molecular flexibility index (Phi) is 6.29. The first kappa shape index (κ1) is 18.7. The average molecular weight is 384 g/mol. The standard InChI is InChI=1S/C18H20N6O2S/c1-13(20-17(27)14-5-7-19-8-6-14)21-18(25)23-15-3-2-4-16(22-15)24-9-11-26-12-10-24/h2-8H,1,9-12H2,(H,20,27)(H2,21,22,23,25). The molecule has 1 aliphatic rings. The molecule has 9 heteroatoms. The lowest BCUT2D eigenvalue weighted by molar-refractivity contribution is 0.122. The summed E-state index contributed by atoms with van der Waals surface area (Å²) in [5.41, 5.74) is 0.781. The molecule has 3 rings (SSSR count). The van der Waals surface area contributed by atoms with Crippen molar-refractivity contribution >= 4 is 34.9 Å². The number of pyridine rings is 2. The Hall–Kier alpha value is -3.04. The van der Waals surface area contributed by atoms with Gasteiger partial charge in [0.15, 0.2) is 0 Å². The van der Waals surface area contributed by atoms with Crippen LogP contribution in [0.15, 0.2) is 55.1 Å². The summed E-state index contributed by atoms with van der Waals surface area (Å²) >= 11 is 5.27. The van der Waals surface area contributed by atoms with Crippen molar-refractivity contribution in [3.05, 3.63) is 60.7 Å². The van der Waals surface area contributed by atoms with Crippen LogP contribution in [0.4, 0.5) is 16.4 Å². The number of morpholine rings is 1. The summed E-state index contributed by atoms with van der Waals surface area (Å²) in [5, 5.41) is 8.16. The van der Waals surface area contributed by atoms with E-state index in [4.69, 9.17) is 17.0 Å². The van der Waals surface area contributed by atoms with E-state index >= 15 is 0 Å². The average Bonchev–Trinajstić information content (AvgIpc) is 2.69. The van der Waals surface area contributed by atoms with Gasteiger partial charge in [0.25, 0.3) is 0 Å². The highest BCUT2D eigenvalue weighted by molar-refractivity contribution is 7.80. The maximum atomic E-state index is 12.2. The third kappa shape index (κ3) is 5.47. The minimum absolute atomic E-state index is 0.263. The highest BCUT2D eigenvalue weighted by Crippen LogP contribution is 2.15. The minimum atomic E-state index is -0.461. The fraction of sp³-hybridized carbons (Fsp3) is 0.222. The molecule has 2 aromatic heterocycles. The SMILES string of the molecule is C=C(NC(=O)Nc1cccc(N2CCOCC2)n1)NC(=S)c1ccncc1. The summed E-state index contributed by atoms with van der Waals surface area (Å²) in [5.74, 6) is 1.51. The number of carbonyl (C=O) groups excluding carboxylic acids is 1. The number of nitrogens with zero attached hydrogens (tertiary/aromatic N) is 3. The summed E-state index contributed by atoms with van der Waals surface area (Å²) in [6.07, 6.45) is 3.28. The molecule has 0 saturated carbocycles. The van der Waals surface area contributed by atoms with Crippen molar-refractivity contribution in [1.82, 2.24) is 20.6 Å². The molecular formula is C18H20N6O2S. The number of aromatic nitrogens is 2. The number of hydrogen-bond acceptors (Lipinski definition) is 6. The Bertz CT molecular complexity index is 824. The fourth-order valence-electron chi connectivity index (χ4n) is 2.49. The number of ether oxygens (including phenoxy) is 1. The number of rotatable bonds is 5. The van der Waals surface area contributed by atoms with Crippen molar-refractivity contribution in [2.24, 2.45) is 0 Å². The molecule has 0 radical (unpaired) electrons. The maximum absolute atomic E-state index is 12.2. The number of hydrogen-bond donors (Lipinski definition) is 3. The van der Waals surface area contributed by atoms with Crippen molar-refractivity contribution in [1.29, 1.82) is 0 Å². The topological polar surface area (TPSA) is 91.4 Å². The summed E-state index contributed by atoms with van der Waals surface area (Å²) in [6, 6.07) is 8.55. The number of urea groups is 1. The lowest BCUT2D eigenvalue weighted by atomic mass is 10.3. The van der Waals surface area contributed by atoms with Gasteiger partial charge in [-0.15, -0.1) is 0 Å². The molecule has 1 aliphatic heterocycles. The van der Waals surface area contributed by atoms with Crippen molar-refractivity contribution in [3.63, 3.8) is 0 Å². The second kappa shape index (κ2) is 9.06. The van der Waals surface area contributed by atoms with Crippen LogP contribution in [-0.2, 0) is 4.74 Å². The Morgan fingerprint density at radius 3 is 2.63 bits per heavy atom. The van der Waals surface area contributed by atoms with E-state index < -0.39 is 6.03 Å². The van der Waals surface area contributed by atoms with E-state index in [1.807, 2.05) is 12.1 Å². The van der Waals surface area contributed by atoms with Crippen LogP contribution in [0, 0.1) is 0 Å². The normalized spacial score (nSPS) is 13.6. The van der Waals surface area contributed by atoms with E-state index in [1.54, 1.807) is 30.6 Å². The van der Waals surface area contributed by atoms with Crippen LogP contribution in [0.3, 0.4) is 0 Å². The van der Waals surface area contributed by atoms with Crippen molar-refractivity contribution < 1.29 is 9.53 Å². The minimum Gasteiger partial charge on any atom is -0.378 e. The molecular weight excluding hydrogens is 364 g/mol. The third-order valence-corrected chi connectivity index (χ3v) is 4.12. The quantitative estimate of drug-likeness (QED) is 0.678. The molecule has 2 aromatic rings. The van der Waals surface area contributed by atoms with Crippen LogP contribution in [0.2, 0.25) is 0 Å². The smallest absolute Gasteiger partial charge is 0.325 e. The number of amides is 2. The molecule has 140 valence electrons. The van der Waals surface area contributed by atoms with Crippen LogP contribution in [0.1, 0.15) is 5.56 Å². The number of carbonyl (C=O) groups is 1. The molecule has 3 heterocycles. The van der Waals surface area contributed by atoms with Gasteiger partial charge < -0.3 is 15.0 Å². The largest absolute Gasteiger partial charge is 0.378 e. The monoisotopic (exact) mass is 384 g/mol. The molecule has 2 amide bonds. The molecule has 0 spiro atoms. The van der Waals surface area contributed by atoms with Gasteiger partial charge >= 0.3 is 6.03 Å². The van der Waals surface area contributed by atoms with Crippen molar-refractivity contribution in [2.75, 3.05) is 36.5 Å². The highest BCUT2D eigenvalue weighted by atomic mass is 32.1. The van der Waals surface area contributed by atoms with Crippen LogP contribution >= 0.6 is 12.2 Å². The zero-order valence-corrected chi connectivity index (χ0v) is 15.5. The van der Waals surface area contributed by atoms with E-state index in [-0.39, 0.29) is 5.82 Å². The van der Waals surface area contributed by atoms with E-state index in [1.165, 1.54) is 0 Å². The third-order valence-electron chi connectivity index (χ3n) is 3.78. The van der Waals surface area contributed by atoms with Gasteiger partial charge in [-0.3, -0.25) is 15.6 Å². The van der Waals surface area contributed by atoms with Crippen LogP contribution in [0.25, 0.3) is 0 Å². The number of anilines is 2. The predicted molar refractivity (Wildman–Crippen MR) is 108 cm³/mol. The Morgan fingerprint density at radius 2 is 1.89 bits per heavy atom. The highest BCUT2D eigenvalue weighted by Gasteiger charge is 2.13. The molecule has 0 bridgehead atoms. The van der Waals surface area contributed by atoms with Crippen molar-refractivity contribution in [2.45, 2.75) is 0 Å². The molecule has 0 aromatic carbocycles. The molecule has 8 nitrogen and oxygen atoms in total. The molecule has 0 atom stereocenters. The van der Waals surface area contributed by atoms with Gasteiger partial charge in [-0.2, -0.15) is 0 Å². The van der Waals surface area contributed by atoms with Crippen molar-refractivity contribution in [3.8, 4) is 0 Å². The van der Waals surface area contributed by atoms with Crippen LogP contribution in [-0.4, -0.2) is 47.3 Å². The Labute approximate surface area is 162 Å². The second-order valence-corrected chi connectivity index (χ2v) is 6.14. The van der Waals surface area contributed by atoms with E-state index in [0.29, 0.717) is 24.0 Å². The molecule has 0 unspecified atom stereocenters. The van der Waals surface area contributed by atoms with Gasteiger partial charge in [0, 0.05) is 31.0 Å². The van der Waals surface area contributed by atoms with Gasteiger partial charge in [-0.05, 0) is 24.3 Å².